The van der Waals surface area contributed by atoms with Gasteiger partial charge in [-0.3, -0.25) is 4.79 Å². The fourth-order valence-electron chi connectivity index (χ4n) is 3.51. The third kappa shape index (κ3) is 4.08. The van der Waals surface area contributed by atoms with Crippen LogP contribution in [0.25, 0.3) is 11.6 Å². The number of anilines is 2. The Morgan fingerprint density at radius 2 is 1.68 bits per heavy atom. The van der Waals surface area contributed by atoms with E-state index in [4.69, 9.17) is 0 Å². The summed E-state index contributed by atoms with van der Waals surface area (Å²) >= 11 is 0. The molecule has 0 atom stereocenters. The lowest BCUT2D eigenvalue weighted by atomic mass is 9.96. The van der Waals surface area contributed by atoms with Gasteiger partial charge in [-0.1, -0.05) is 0 Å². The highest BCUT2D eigenvalue weighted by molar-refractivity contribution is 5.92. The van der Waals surface area contributed by atoms with Crippen molar-refractivity contribution in [3.05, 3.63) is 55.9 Å². The molecular weight excluding hydrogens is 398 g/mol. The second kappa shape index (κ2) is 8.26. The molecule has 1 amide bonds. The first kappa shape index (κ1) is 18.8. The van der Waals surface area contributed by atoms with E-state index in [1.165, 1.54) is 30.0 Å². The van der Waals surface area contributed by atoms with Gasteiger partial charge in [0, 0.05) is 43.5 Å². The van der Waals surface area contributed by atoms with Gasteiger partial charge in [0.1, 0.15) is 36.9 Å². The molecule has 156 valence electrons. The maximum Gasteiger partial charge on any atom is 0.228 e. The molecule has 0 saturated carbocycles. The lowest BCUT2D eigenvalue weighted by molar-refractivity contribution is -0.120. The molecule has 1 aliphatic rings. The Balaban J connectivity index is 1.21. The summed E-state index contributed by atoms with van der Waals surface area (Å²) in [6.45, 7) is 1.45. The van der Waals surface area contributed by atoms with Crippen LogP contribution in [0, 0.1) is 5.92 Å². The lowest BCUT2D eigenvalue weighted by Crippen LogP contribution is -2.38. The maximum absolute atomic E-state index is 12.8. The van der Waals surface area contributed by atoms with Crippen LogP contribution in [0.15, 0.2) is 55.9 Å². The molecule has 5 rings (SSSR count). The topological polar surface area (TPSA) is 132 Å². The van der Waals surface area contributed by atoms with Crippen LogP contribution in [-0.2, 0) is 4.79 Å². The van der Waals surface area contributed by atoms with Gasteiger partial charge in [-0.25, -0.2) is 34.3 Å². The van der Waals surface area contributed by atoms with Crippen LogP contribution >= 0.6 is 0 Å². The molecule has 31 heavy (non-hydrogen) atoms. The summed E-state index contributed by atoms with van der Waals surface area (Å²) in [4.78, 5) is 35.8. The second-order valence-corrected chi connectivity index (χ2v) is 7.04. The van der Waals surface area contributed by atoms with E-state index in [0.717, 1.165) is 18.9 Å². The highest BCUT2D eigenvalue weighted by Crippen LogP contribution is 2.23. The number of piperidine rings is 1. The summed E-state index contributed by atoms with van der Waals surface area (Å²) in [5.74, 6) is 2.35. The largest absolute Gasteiger partial charge is 0.356 e. The van der Waals surface area contributed by atoms with Gasteiger partial charge in [-0.15, -0.1) is 0 Å². The van der Waals surface area contributed by atoms with E-state index in [1.54, 1.807) is 16.9 Å². The van der Waals surface area contributed by atoms with Gasteiger partial charge in [0.05, 0.1) is 0 Å². The molecule has 1 fully saturated rings. The van der Waals surface area contributed by atoms with Gasteiger partial charge in [0.25, 0.3) is 0 Å². The van der Waals surface area contributed by atoms with E-state index in [-0.39, 0.29) is 11.8 Å². The number of rotatable bonds is 5. The van der Waals surface area contributed by atoms with Gasteiger partial charge >= 0.3 is 0 Å². The number of hydrogen-bond donors (Lipinski definition) is 1. The van der Waals surface area contributed by atoms with E-state index in [0.29, 0.717) is 30.3 Å². The van der Waals surface area contributed by atoms with Crippen LogP contribution in [0.1, 0.15) is 12.8 Å². The third-order valence-corrected chi connectivity index (χ3v) is 5.12. The van der Waals surface area contributed by atoms with Crippen LogP contribution in [-0.4, -0.2) is 63.5 Å². The highest BCUT2D eigenvalue weighted by atomic mass is 16.2. The minimum absolute atomic E-state index is 0.0530. The summed E-state index contributed by atoms with van der Waals surface area (Å²) in [5, 5.41) is 11.1. The van der Waals surface area contributed by atoms with Gasteiger partial charge in [-0.05, 0) is 18.9 Å². The minimum Gasteiger partial charge on any atom is -0.356 e. The van der Waals surface area contributed by atoms with E-state index in [1.807, 2.05) is 18.3 Å². The number of carbonyl (C=O) groups is 1. The zero-order valence-electron chi connectivity index (χ0n) is 16.5. The van der Waals surface area contributed by atoms with Gasteiger partial charge in [-0.2, -0.15) is 10.2 Å². The molecule has 0 bridgehead atoms. The van der Waals surface area contributed by atoms with Gasteiger partial charge in [0.15, 0.2) is 11.6 Å². The molecule has 0 unspecified atom stereocenters. The predicted octanol–water partition coefficient (Wildman–Crippen LogP) is 0.888. The summed E-state index contributed by atoms with van der Waals surface area (Å²) < 4.78 is 3.20. The van der Waals surface area contributed by atoms with Crippen molar-refractivity contribution in [3.8, 4) is 11.6 Å². The minimum atomic E-state index is -0.103. The summed E-state index contributed by atoms with van der Waals surface area (Å²) in [5.41, 5.74) is 0. The molecule has 5 heterocycles. The zero-order chi connectivity index (χ0) is 21.0. The fourth-order valence-corrected chi connectivity index (χ4v) is 3.51. The Bertz CT molecular complexity index is 1150. The van der Waals surface area contributed by atoms with Crippen LogP contribution in [0.5, 0.6) is 0 Å². The average Bonchev–Trinajstić information content (AvgIpc) is 3.54. The Morgan fingerprint density at radius 1 is 0.903 bits per heavy atom. The average molecular weight is 417 g/mol. The van der Waals surface area contributed by atoms with Gasteiger partial charge < -0.3 is 10.2 Å². The Morgan fingerprint density at radius 3 is 2.42 bits per heavy atom. The van der Waals surface area contributed by atoms with E-state index in [9.17, 15) is 4.79 Å². The molecule has 1 N–H and O–H groups in total. The highest BCUT2D eigenvalue weighted by Gasteiger charge is 2.26. The van der Waals surface area contributed by atoms with E-state index in [2.05, 4.69) is 45.3 Å². The lowest BCUT2D eigenvalue weighted by Gasteiger charge is -2.32. The molecule has 12 nitrogen and oxygen atoms in total. The standard InChI is InChI=1S/C19H19N11O/c31-19(27-15-8-17(23-11-21-15)30-13-20-10-26-30)14-2-6-28(7-3-14)16-9-18(24-12-22-16)29-5-1-4-25-29/h1,4-5,8-14H,2-3,6-7H2,(H,21,23,27,31). The first-order chi connectivity index (χ1) is 15.3. The quantitative estimate of drug-likeness (QED) is 0.502. The molecule has 4 aromatic rings. The van der Waals surface area contributed by atoms with Crippen molar-refractivity contribution in [2.24, 2.45) is 5.92 Å². The van der Waals surface area contributed by atoms with Crippen molar-refractivity contribution in [1.82, 2.24) is 44.5 Å². The summed E-state index contributed by atoms with van der Waals surface area (Å²) in [6.07, 6.45) is 10.9. The third-order valence-electron chi connectivity index (χ3n) is 5.12. The summed E-state index contributed by atoms with van der Waals surface area (Å²) in [7, 11) is 0. The molecule has 0 radical (unpaired) electrons. The molecule has 0 spiro atoms. The zero-order valence-corrected chi connectivity index (χ0v) is 16.5. The number of carbonyl (C=O) groups excluding carboxylic acids is 1. The van der Waals surface area contributed by atoms with Crippen molar-refractivity contribution in [2.75, 3.05) is 23.3 Å². The Kier molecular flexibility index (Phi) is 5.01. The second-order valence-electron chi connectivity index (χ2n) is 7.04. The SMILES string of the molecule is O=C(Nc1cc(-n2cncn2)ncn1)C1CCN(c2cc(-n3cccn3)ncn2)CC1. The molecule has 0 aliphatic carbocycles. The van der Waals surface area contributed by atoms with Crippen molar-refractivity contribution >= 4 is 17.5 Å². The fraction of sp³-hybridized carbons (Fsp3) is 0.263. The first-order valence-corrected chi connectivity index (χ1v) is 9.81. The van der Waals surface area contributed by atoms with Crippen molar-refractivity contribution < 1.29 is 4.79 Å². The van der Waals surface area contributed by atoms with Crippen LogP contribution in [0.2, 0.25) is 0 Å². The number of nitrogens with one attached hydrogen (secondary N) is 1. The van der Waals surface area contributed by atoms with Crippen molar-refractivity contribution in [3.63, 3.8) is 0 Å². The number of nitrogens with zero attached hydrogens (tertiary/aromatic N) is 10. The molecule has 12 heteroatoms. The Labute approximate surface area is 177 Å². The molecule has 1 aliphatic heterocycles. The van der Waals surface area contributed by atoms with Crippen LogP contribution in [0.3, 0.4) is 0 Å². The monoisotopic (exact) mass is 417 g/mol. The first-order valence-electron chi connectivity index (χ1n) is 9.81. The molecule has 1 saturated heterocycles. The molecule has 4 aromatic heterocycles. The number of amides is 1. The van der Waals surface area contributed by atoms with Gasteiger partial charge in [0.2, 0.25) is 5.91 Å². The van der Waals surface area contributed by atoms with Crippen LogP contribution < -0.4 is 10.2 Å². The smallest absolute Gasteiger partial charge is 0.228 e. The Hall–Kier alpha value is -4.22. The number of aromatic nitrogens is 9. The normalized spacial score (nSPS) is 14.5. The molecular formula is C19H19N11O. The van der Waals surface area contributed by atoms with Crippen LogP contribution in [0.4, 0.5) is 11.6 Å². The molecule has 0 aromatic carbocycles. The maximum atomic E-state index is 12.8. The van der Waals surface area contributed by atoms with Crippen molar-refractivity contribution in [1.29, 1.82) is 0 Å². The van der Waals surface area contributed by atoms with E-state index >= 15 is 0 Å². The van der Waals surface area contributed by atoms with Crippen molar-refractivity contribution in [2.45, 2.75) is 12.8 Å². The summed E-state index contributed by atoms with van der Waals surface area (Å²) in [6, 6.07) is 5.41. The predicted molar refractivity (Wildman–Crippen MR) is 110 cm³/mol. The number of hydrogen-bond acceptors (Lipinski definition) is 9. The van der Waals surface area contributed by atoms with E-state index < -0.39 is 0 Å².